The summed E-state index contributed by atoms with van der Waals surface area (Å²) in [5.41, 5.74) is -2.53. The first kappa shape index (κ1) is 26.7. The Balaban J connectivity index is 2.19. The van der Waals surface area contributed by atoms with Crippen LogP contribution >= 0.6 is 0 Å². The fourth-order valence-corrected chi connectivity index (χ4v) is 6.38. The van der Waals surface area contributed by atoms with Gasteiger partial charge in [-0.05, 0) is 53.4 Å². The van der Waals surface area contributed by atoms with E-state index in [4.69, 9.17) is 9.47 Å². The van der Waals surface area contributed by atoms with Crippen LogP contribution in [-0.4, -0.2) is 81.3 Å². The summed E-state index contributed by atoms with van der Waals surface area (Å²) >= 11 is 0. The van der Waals surface area contributed by atoms with Crippen LogP contribution in [0.1, 0.15) is 67.7 Å². The number of carbonyl (C=O) groups is 3. The molecule has 2 unspecified atom stereocenters. The molecular weight excluding hydrogens is 436 g/mol. The SMILES string of the molecule is C=CCN(C(=O)C1N([C@@H](CO)[C@@H](C)CC)C(=O)[C@@H]2[C@@H](C(=O)OCC)[C@@]3(C)CCC12O3)C(C)(C)C. The number of nitrogens with zero attached hydrogens (tertiary/aromatic N) is 2. The average molecular weight is 479 g/mol. The Morgan fingerprint density at radius 1 is 1.35 bits per heavy atom. The minimum atomic E-state index is -1.13. The van der Waals surface area contributed by atoms with Gasteiger partial charge in [-0.15, -0.1) is 6.58 Å². The van der Waals surface area contributed by atoms with Gasteiger partial charge in [-0.2, -0.15) is 0 Å². The maximum absolute atomic E-state index is 14.3. The summed E-state index contributed by atoms with van der Waals surface area (Å²) in [7, 11) is 0. The molecule has 192 valence electrons. The molecule has 0 aromatic rings. The Hall–Kier alpha value is -1.93. The first-order valence-corrected chi connectivity index (χ1v) is 12.6. The van der Waals surface area contributed by atoms with Gasteiger partial charge in [0.2, 0.25) is 11.8 Å². The largest absolute Gasteiger partial charge is 0.466 e. The molecule has 3 saturated heterocycles. The van der Waals surface area contributed by atoms with Crippen LogP contribution in [0.4, 0.5) is 0 Å². The van der Waals surface area contributed by atoms with Crippen molar-refractivity contribution in [3.8, 4) is 0 Å². The quantitative estimate of drug-likeness (QED) is 0.404. The van der Waals surface area contributed by atoms with Gasteiger partial charge in [0, 0.05) is 12.1 Å². The number of esters is 1. The predicted molar refractivity (Wildman–Crippen MR) is 128 cm³/mol. The second-order valence-corrected chi connectivity index (χ2v) is 11.3. The number of ether oxygens (including phenoxy) is 2. The van der Waals surface area contributed by atoms with E-state index in [1.54, 1.807) is 22.8 Å². The molecule has 3 rings (SSSR count). The van der Waals surface area contributed by atoms with Gasteiger partial charge in [-0.25, -0.2) is 0 Å². The normalized spacial score (nSPS) is 34.1. The third-order valence-corrected chi connectivity index (χ3v) is 8.22. The molecule has 1 N–H and O–H groups in total. The Morgan fingerprint density at radius 2 is 2.00 bits per heavy atom. The van der Waals surface area contributed by atoms with E-state index < -0.39 is 46.6 Å². The van der Waals surface area contributed by atoms with Gasteiger partial charge in [0.25, 0.3) is 0 Å². The monoisotopic (exact) mass is 478 g/mol. The highest BCUT2D eigenvalue weighted by atomic mass is 16.6. The Bertz CT molecular complexity index is 838. The zero-order valence-corrected chi connectivity index (χ0v) is 21.8. The number of hydrogen-bond acceptors (Lipinski definition) is 6. The molecule has 1 spiro atoms. The average Bonchev–Trinajstić information content (AvgIpc) is 3.32. The minimum Gasteiger partial charge on any atom is -0.466 e. The molecule has 0 saturated carbocycles. The van der Waals surface area contributed by atoms with Crippen molar-refractivity contribution in [3.63, 3.8) is 0 Å². The van der Waals surface area contributed by atoms with E-state index in [0.29, 0.717) is 19.4 Å². The van der Waals surface area contributed by atoms with Crippen LogP contribution in [0.15, 0.2) is 12.7 Å². The lowest BCUT2D eigenvalue weighted by atomic mass is 9.66. The van der Waals surface area contributed by atoms with Crippen molar-refractivity contribution >= 4 is 17.8 Å². The number of rotatable bonds is 9. The number of aliphatic hydroxyl groups excluding tert-OH is 1. The van der Waals surface area contributed by atoms with Crippen LogP contribution in [0.5, 0.6) is 0 Å². The van der Waals surface area contributed by atoms with Crippen LogP contribution in [0.3, 0.4) is 0 Å². The molecule has 3 fully saturated rings. The van der Waals surface area contributed by atoms with Gasteiger partial charge in [0.05, 0.1) is 30.8 Å². The highest BCUT2D eigenvalue weighted by Crippen LogP contribution is 2.64. The van der Waals surface area contributed by atoms with E-state index in [1.165, 1.54) is 0 Å². The van der Waals surface area contributed by atoms with Crippen molar-refractivity contribution in [2.45, 2.75) is 96.6 Å². The van der Waals surface area contributed by atoms with Crippen LogP contribution in [0, 0.1) is 17.8 Å². The molecule has 0 aromatic carbocycles. The lowest BCUT2D eigenvalue weighted by Crippen LogP contribution is -2.62. The molecule has 34 heavy (non-hydrogen) atoms. The Morgan fingerprint density at radius 3 is 2.50 bits per heavy atom. The maximum Gasteiger partial charge on any atom is 0.312 e. The molecule has 2 bridgehead atoms. The molecule has 7 atom stereocenters. The minimum absolute atomic E-state index is 0.0456. The summed E-state index contributed by atoms with van der Waals surface area (Å²) in [5.74, 6) is -2.64. The number of amides is 2. The third-order valence-electron chi connectivity index (χ3n) is 8.22. The van der Waals surface area contributed by atoms with Gasteiger partial charge in [-0.1, -0.05) is 26.3 Å². The van der Waals surface area contributed by atoms with Crippen LogP contribution in [-0.2, 0) is 23.9 Å². The van der Waals surface area contributed by atoms with Crippen molar-refractivity contribution in [1.29, 1.82) is 0 Å². The number of carbonyl (C=O) groups excluding carboxylic acids is 3. The summed E-state index contributed by atoms with van der Waals surface area (Å²) in [6.45, 7) is 17.4. The topological polar surface area (TPSA) is 96.4 Å². The summed E-state index contributed by atoms with van der Waals surface area (Å²) in [4.78, 5) is 44.8. The van der Waals surface area contributed by atoms with Crippen molar-refractivity contribution < 1.29 is 29.0 Å². The third kappa shape index (κ3) is 3.87. The molecule has 2 amide bonds. The molecule has 8 nitrogen and oxygen atoms in total. The highest BCUT2D eigenvalue weighted by Gasteiger charge is 2.79. The summed E-state index contributed by atoms with van der Waals surface area (Å²) in [6, 6.07) is -1.49. The van der Waals surface area contributed by atoms with E-state index in [2.05, 4.69) is 6.58 Å². The number of aliphatic hydroxyl groups is 1. The second-order valence-electron chi connectivity index (χ2n) is 11.3. The number of likely N-dealkylation sites (tertiary alicyclic amines) is 1. The molecule has 8 heteroatoms. The van der Waals surface area contributed by atoms with Crippen LogP contribution in [0.2, 0.25) is 0 Å². The summed E-state index contributed by atoms with van der Waals surface area (Å²) < 4.78 is 12.0. The Labute approximate surface area is 203 Å². The predicted octanol–water partition coefficient (Wildman–Crippen LogP) is 2.53. The summed E-state index contributed by atoms with van der Waals surface area (Å²) in [6.07, 6.45) is 3.45. The van der Waals surface area contributed by atoms with Gasteiger partial charge < -0.3 is 24.4 Å². The number of hydrogen-bond donors (Lipinski definition) is 1. The summed E-state index contributed by atoms with van der Waals surface area (Å²) in [5, 5.41) is 10.4. The zero-order chi connectivity index (χ0) is 25.6. The van der Waals surface area contributed by atoms with Crippen LogP contribution < -0.4 is 0 Å². The first-order valence-electron chi connectivity index (χ1n) is 12.6. The van der Waals surface area contributed by atoms with Gasteiger partial charge >= 0.3 is 5.97 Å². The molecule has 3 heterocycles. The maximum atomic E-state index is 14.3. The fourth-order valence-electron chi connectivity index (χ4n) is 6.38. The highest BCUT2D eigenvalue weighted by molar-refractivity contribution is 5.99. The standard InChI is InChI=1S/C26H42N2O6/c1-9-14-27(24(5,6)7)22(31)20-26-13-12-25(8,34-26)19(23(32)33-11-3)18(26)21(30)28(20)17(15-29)16(4)10-2/h9,16-20,29H,1,10-15H2,2-8H3/t16-,17-,18-,19-,20?,25+,26?/m0/s1. The van der Waals surface area contributed by atoms with E-state index in [-0.39, 0.29) is 30.9 Å². The Kier molecular flexibility index (Phi) is 7.27. The number of fused-ring (bicyclic) bond motifs is 1. The van der Waals surface area contributed by atoms with Crippen molar-refractivity contribution in [3.05, 3.63) is 12.7 Å². The van der Waals surface area contributed by atoms with E-state index in [9.17, 15) is 19.5 Å². The van der Waals surface area contributed by atoms with E-state index in [0.717, 1.165) is 6.42 Å². The van der Waals surface area contributed by atoms with E-state index >= 15 is 0 Å². The molecule has 0 aliphatic carbocycles. The molecule has 0 radical (unpaired) electrons. The second kappa shape index (κ2) is 9.26. The zero-order valence-electron chi connectivity index (χ0n) is 21.8. The smallest absolute Gasteiger partial charge is 0.312 e. The molecule has 3 aliphatic rings. The fraction of sp³-hybridized carbons (Fsp3) is 0.808. The van der Waals surface area contributed by atoms with E-state index in [1.807, 2.05) is 41.5 Å². The first-order chi connectivity index (χ1) is 15.8. The van der Waals surface area contributed by atoms with Crippen molar-refractivity contribution in [1.82, 2.24) is 9.80 Å². The lowest BCUT2D eigenvalue weighted by Gasteiger charge is -2.44. The van der Waals surface area contributed by atoms with Crippen LogP contribution in [0.25, 0.3) is 0 Å². The van der Waals surface area contributed by atoms with Gasteiger partial charge in [-0.3, -0.25) is 14.4 Å². The van der Waals surface area contributed by atoms with Crippen molar-refractivity contribution in [2.24, 2.45) is 17.8 Å². The molecule has 3 aliphatic heterocycles. The molecular formula is C26H42N2O6. The van der Waals surface area contributed by atoms with Gasteiger partial charge in [0.15, 0.2) is 0 Å². The van der Waals surface area contributed by atoms with Crippen molar-refractivity contribution in [2.75, 3.05) is 19.8 Å². The molecule has 0 aromatic heterocycles. The van der Waals surface area contributed by atoms with Gasteiger partial charge in [0.1, 0.15) is 17.6 Å². The lowest BCUT2D eigenvalue weighted by molar-refractivity contribution is -0.163.